The van der Waals surface area contributed by atoms with E-state index in [4.69, 9.17) is 0 Å². The van der Waals surface area contributed by atoms with Crippen molar-refractivity contribution < 1.29 is 8.78 Å². The van der Waals surface area contributed by atoms with E-state index in [1.54, 1.807) is 10.9 Å². The van der Waals surface area contributed by atoms with Crippen LogP contribution in [0.2, 0.25) is 0 Å². The lowest BCUT2D eigenvalue weighted by molar-refractivity contribution is 0.134. The number of nitrogens with zero attached hydrogens (tertiary/aromatic N) is 2. The molecule has 0 radical (unpaired) electrons. The molecule has 1 heterocycles. The largest absolute Gasteiger partial charge is 0.308 e. The van der Waals surface area contributed by atoms with Crippen molar-refractivity contribution >= 4 is 0 Å². The fourth-order valence-corrected chi connectivity index (χ4v) is 2.58. The highest BCUT2D eigenvalue weighted by molar-refractivity contribution is 5.20. The van der Waals surface area contributed by atoms with Gasteiger partial charge in [0, 0.05) is 17.6 Å². The minimum atomic E-state index is -2.46. The molecule has 0 saturated heterocycles. The second-order valence-corrected chi connectivity index (χ2v) is 6.34. The van der Waals surface area contributed by atoms with Gasteiger partial charge in [-0.15, -0.1) is 0 Å². The van der Waals surface area contributed by atoms with Gasteiger partial charge < -0.3 is 5.32 Å². The van der Waals surface area contributed by atoms with Crippen molar-refractivity contribution in [3.05, 3.63) is 17.5 Å². The maximum Gasteiger partial charge on any atom is 0.280 e. The summed E-state index contributed by atoms with van der Waals surface area (Å²) in [6.45, 7) is 6.51. The van der Waals surface area contributed by atoms with Crippen LogP contribution in [0.3, 0.4) is 0 Å². The molecule has 0 amide bonds. The lowest BCUT2D eigenvalue weighted by Crippen LogP contribution is -2.35. The molecule has 2 rings (SSSR count). The quantitative estimate of drug-likeness (QED) is 0.902. The predicted molar refractivity (Wildman–Crippen MR) is 71.3 cm³/mol. The molecule has 108 valence electrons. The summed E-state index contributed by atoms with van der Waals surface area (Å²) in [5, 5.41) is 7.47. The molecule has 0 aromatic carbocycles. The van der Waals surface area contributed by atoms with E-state index in [1.807, 2.05) is 20.8 Å². The summed E-state index contributed by atoms with van der Waals surface area (Å²) in [5.41, 5.74) is 0.634. The third-order valence-corrected chi connectivity index (χ3v) is 3.60. The Morgan fingerprint density at radius 3 is 2.53 bits per heavy atom. The van der Waals surface area contributed by atoms with Crippen LogP contribution < -0.4 is 5.32 Å². The second-order valence-electron chi connectivity index (χ2n) is 6.34. The molecule has 1 aromatic heterocycles. The fourth-order valence-electron chi connectivity index (χ4n) is 2.58. The van der Waals surface area contributed by atoms with Crippen molar-refractivity contribution in [3.8, 4) is 0 Å². The molecule has 0 unspecified atom stereocenters. The molecule has 0 bridgehead atoms. The summed E-state index contributed by atoms with van der Waals surface area (Å²) >= 11 is 0. The number of nitrogens with one attached hydrogen (secondary N) is 1. The SMILES string of the molecule is CC(C)(C)NCc1cnn(C2CCCC2)c1C(F)F. The van der Waals surface area contributed by atoms with Crippen LogP contribution in [0.1, 0.15) is 70.2 Å². The van der Waals surface area contributed by atoms with Crippen molar-refractivity contribution in [2.75, 3.05) is 0 Å². The zero-order valence-corrected chi connectivity index (χ0v) is 11.9. The third kappa shape index (κ3) is 3.53. The number of hydrogen-bond acceptors (Lipinski definition) is 2. The van der Waals surface area contributed by atoms with Crippen LogP contribution in [0, 0.1) is 0 Å². The minimum Gasteiger partial charge on any atom is -0.308 e. The van der Waals surface area contributed by atoms with Crippen LogP contribution in [-0.2, 0) is 6.54 Å². The number of halogens is 2. The van der Waals surface area contributed by atoms with Crippen molar-refractivity contribution in [3.63, 3.8) is 0 Å². The smallest absolute Gasteiger partial charge is 0.280 e. The topological polar surface area (TPSA) is 29.9 Å². The van der Waals surface area contributed by atoms with Crippen LogP contribution in [0.5, 0.6) is 0 Å². The van der Waals surface area contributed by atoms with Gasteiger partial charge in [0.2, 0.25) is 0 Å². The first-order valence-electron chi connectivity index (χ1n) is 6.98. The molecular weight excluding hydrogens is 248 g/mol. The van der Waals surface area contributed by atoms with Crippen molar-refractivity contribution in [1.82, 2.24) is 15.1 Å². The number of hydrogen-bond donors (Lipinski definition) is 1. The van der Waals surface area contributed by atoms with Gasteiger partial charge in [0.15, 0.2) is 0 Å². The van der Waals surface area contributed by atoms with Gasteiger partial charge in [0.1, 0.15) is 5.69 Å². The molecule has 3 nitrogen and oxygen atoms in total. The van der Waals surface area contributed by atoms with Crippen molar-refractivity contribution in [1.29, 1.82) is 0 Å². The molecule has 1 saturated carbocycles. The molecule has 0 atom stereocenters. The lowest BCUT2D eigenvalue weighted by Gasteiger charge is -2.21. The number of aromatic nitrogens is 2. The average Bonchev–Trinajstić information content (AvgIpc) is 2.93. The summed E-state index contributed by atoms with van der Waals surface area (Å²) in [5.74, 6) is 0. The van der Waals surface area contributed by atoms with Crippen LogP contribution >= 0.6 is 0 Å². The Hall–Kier alpha value is -0.970. The zero-order valence-electron chi connectivity index (χ0n) is 11.9. The summed E-state index contributed by atoms with van der Waals surface area (Å²) < 4.78 is 28.2. The first kappa shape index (κ1) is 14.4. The Bertz CT molecular complexity index is 415. The number of rotatable bonds is 4. The zero-order chi connectivity index (χ0) is 14.0. The molecule has 19 heavy (non-hydrogen) atoms. The Morgan fingerprint density at radius 1 is 1.37 bits per heavy atom. The average molecular weight is 271 g/mol. The van der Waals surface area contributed by atoms with E-state index in [2.05, 4.69) is 10.4 Å². The van der Waals surface area contributed by atoms with Gasteiger partial charge in [-0.05, 0) is 33.6 Å². The van der Waals surface area contributed by atoms with E-state index in [1.165, 1.54) is 0 Å². The lowest BCUT2D eigenvalue weighted by atomic mass is 10.1. The Balaban J connectivity index is 2.19. The van der Waals surface area contributed by atoms with Crippen LogP contribution in [0.15, 0.2) is 6.20 Å². The van der Waals surface area contributed by atoms with Crippen LogP contribution in [0.4, 0.5) is 8.78 Å². The van der Waals surface area contributed by atoms with E-state index >= 15 is 0 Å². The van der Waals surface area contributed by atoms with E-state index in [0.717, 1.165) is 25.7 Å². The Labute approximate surface area is 113 Å². The Kier molecular flexibility index (Phi) is 4.23. The molecule has 5 heteroatoms. The predicted octanol–water partition coefficient (Wildman–Crippen LogP) is 3.82. The monoisotopic (exact) mass is 271 g/mol. The van der Waals surface area contributed by atoms with E-state index in [0.29, 0.717) is 12.1 Å². The highest BCUT2D eigenvalue weighted by Gasteiger charge is 2.27. The van der Waals surface area contributed by atoms with Crippen LogP contribution in [-0.4, -0.2) is 15.3 Å². The molecule has 1 aliphatic carbocycles. The van der Waals surface area contributed by atoms with E-state index in [-0.39, 0.29) is 17.3 Å². The van der Waals surface area contributed by atoms with Crippen molar-refractivity contribution in [2.24, 2.45) is 0 Å². The molecule has 1 N–H and O–H groups in total. The highest BCUT2D eigenvalue weighted by Crippen LogP contribution is 2.34. The van der Waals surface area contributed by atoms with Gasteiger partial charge in [-0.3, -0.25) is 4.68 Å². The molecule has 0 aliphatic heterocycles. The van der Waals surface area contributed by atoms with Gasteiger partial charge in [-0.1, -0.05) is 12.8 Å². The third-order valence-electron chi connectivity index (χ3n) is 3.60. The van der Waals surface area contributed by atoms with Gasteiger partial charge in [-0.2, -0.15) is 5.10 Å². The first-order chi connectivity index (χ1) is 8.88. The van der Waals surface area contributed by atoms with Gasteiger partial charge in [0.25, 0.3) is 6.43 Å². The van der Waals surface area contributed by atoms with Gasteiger partial charge in [0.05, 0.1) is 12.2 Å². The first-order valence-corrected chi connectivity index (χ1v) is 6.98. The summed E-state index contributed by atoms with van der Waals surface area (Å²) in [7, 11) is 0. The molecule has 1 aliphatic rings. The molecule has 1 aromatic rings. The van der Waals surface area contributed by atoms with E-state index in [9.17, 15) is 8.78 Å². The molecule has 1 fully saturated rings. The summed E-state index contributed by atoms with van der Waals surface area (Å²) in [6.07, 6.45) is 3.30. The Morgan fingerprint density at radius 2 is 2.00 bits per heavy atom. The normalized spacial score (nSPS) is 17.6. The van der Waals surface area contributed by atoms with Crippen molar-refractivity contribution in [2.45, 2.75) is 71.0 Å². The number of alkyl halides is 2. The minimum absolute atomic E-state index is 0.0884. The molecular formula is C14H23F2N3. The van der Waals surface area contributed by atoms with Gasteiger partial charge in [-0.25, -0.2) is 8.78 Å². The summed E-state index contributed by atoms with van der Waals surface area (Å²) in [4.78, 5) is 0. The highest BCUT2D eigenvalue weighted by atomic mass is 19.3. The molecule has 0 spiro atoms. The van der Waals surface area contributed by atoms with Gasteiger partial charge >= 0.3 is 0 Å². The standard InChI is InChI=1S/C14H23F2N3/c1-14(2,3)17-8-10-9-18-19(12(10)13(15)16)11-6-4-5-7-11/h9,11,13,17H,4-8H2,1-3H3. The maximum absolute atomic E-state index is 13.3. The van der Waals surface area contributed by atoms with Crippen LogP contribution in [0.25, 0.3) is 0 Å². The van der Waals surface area contributed by atoms with E-state index < -0.39 is 6.43 Å². The fraction of sp³-hybridized carbons (Fsp3) is 0.786. The second kappa shape index (κ2) is 5.57. The maximum atomic E-state index is 13.3. The summed E-state index contributed by atoms with van der Waals surface area (Å²) in [6, 6.07) is 0.160.